The largest absolute Gasteiger partial charge is 0.467 e. The number of rotatable bonds is 5. The zero-order valence-corrected chi connectivity index (χ0v) is 15.9. The number of nitrogens with zero attached hydrogens (tertiary/aromatic N) is 1. The highest BCUT2D eigenvalue weighted by Crippen LogP contribution is 2.22. The molecule has 144 valence electrons. The lowest BCUT2D eigenvalue weighted by atomic mass is 10.0. The summed E-state index contributed by atoms with van der Waals surface area (Å²) in [7, 11) is 1.33. The quantitative estimate of drug-likeness (QED) is 0.755. The number of hydrogen-bond donors (Lipinski definition) is 2. The summed E-state index contributed by atoms with van der Waals surface area (Å²) in [5.74, 6) is -1.14. The Kier molecular flexibility index (Phi) is 8.54. The zero-order valence-electron chi connectivity index (χ0n) is 15.1. The maximum Gasteiger partial charge on any atom is 0.328 e. The molecule has 1 aromatic rings. The number of ether oxygens (including phenoxy) is 1. The van der Waals surface area contributed by atoms with Crippen molar-refractivity contribution < 1.29 is 19.1 Å². The standard InChI is InChI=1S/C18H25N3O4.ClH/c1-12(11-19)16(22)20-14-7-5-6-13(10-14)17(23)21-9-4-3-8-15(21)18(24)25-2;/h5-7,10,12,15H,3-4,8-9,11,19H2,1-2H3,(H,20,22);1H. The molecule has 0 radical (unpaired) electrons. The summed E-state index contributed by atoms with van der Waals surface area (Å²) in [6, 6.07) is 6.15. The number of halogens is 1. The molecule has 0 aromatic heterocycles. The lowest BCUT2D eigenvalue weighted by molar-refractivity contribution is -0.147. The van der Waals surface area contributed by atoms with Crippen LogP contribution in [0.25, 0.3) is 0 Å². The number of hydrogen-bond acceptors (Lipinski definition) is 5. The van der Waals surface area contributed by atoms with Gasteiger partial charge in [-0.2, -0.15) is 0 Å². The number of carbonyl (C=O) groups is 3. The Morgan fingerprint density at radius 1 is 1.35 bits per heavy atom. The van der Waals surface area contributed by atoms with Gasteiger partial charge in [-0.3, -0.25) is 9.59 Å². The maximum atomic E-state index is 12.8. The van der Waals surface area contributed by atoms with Crippen molar-refractivity contribution in [3.63, 3.8) is 0 Å². The summed E-state index contributed by atoms with van der Waals surface area (Å²) in [6.07, 6.45) is 2.34. The van der Waals surface area contributed by atoms with E-state index in [1.807, 2.05) is 0 Å². The molecule has 1 aliphatic heterocycles. The van der Waals surface area contributed by atoms with Gasteiger partial charge in [0.2, 0.25) is 5.91 Å². The fraction of sp³-hybridized carbons (Fsp3) is 0.500. The first-order valence-electron chi connectivity index (χ1n) is 8.47. The summed E-state index contributed by atoms with van der Waals surface area (Å²) < 4.78 is 4.82. The van der Waals surface area contributed by atoms with Gasteiger partial charge in [-0.25, -0.2) is 4.79 Å². The van der Waals surface area contributed by atoms with E-state index in [0.717, 1.165) is 12.8 Å². The molecule has 3 N–H and O–H groups in total. The van der Waals surface area contributed by atoms with Crippen LogP contribution >= 0.6 is 12.4 Å². The highest BCUT2D eigenvalue weighted by molar-refractivity contribution is 5.99. The minimum atomic E-state index is -0.554. The van der Waals surface area contributed by atoms with Crippen LogP contribution in [0.5, 0.6) is 0 Å². The van der Waals surface area contributed by atoms with E-state index in [1.54, 1.807) is 36.1 Å². The van der Waals surface area contributed by atoms with Crippen molar-refractivity contribution in [1.82, 2.24) is 4.90 Å². The van der Waals surface area contributed by atoms with E-state index in [-0.39, 0.29) is 36.7 Å². The normalized spacial score (nSPS) is 17.7. The monoisotopic (exact) mass is 383 g/mol. The Bertz CT molecular complexity index is 653. The molecule has 2 rings (SSSR count). The van der Waals surface area contributed by atoms with Gasteiger partial charge >= 0.3 is 5.97 Å². The highest BCUT2D eigenvalue weighted by Gasteiger charge is 2.33. The molecule has 0 aliphatic carbocycles. The molecular formula is C18H26ClN3O4. The van der Waals surface area contributed by atoms with Crippen LogP contribution in [0.15, 0.2) is 24.3 Å². The zero-order chi connectivity index (χ0) is 18.4. The molecule has 8 heteroatoms. The van der Waals surface area contributed by atoms with Crippen molar-refractivity contribution in [3.05, 3.63) is 29.8 Å². The Labute approximate surface area is 159 Å². The summed E-state index contributed by atoms with van der Waals surface area (Å²) >= 11 is 0. The molecule has 7 nitrogen and oxygen atoms in total. The molecule has 0 bridgehead atoms. The van der Waals surface area contributed by atoms with Gasteiger partial charge in [-0.15, -0.1) is 12.4 Å². The van der Waals surface area contributed by atoms with Crippen LogP contribution in [0.1, 0.15) is 36.5 Å². The van der Waals surface area contributed by atoms with Gasteiger partial charge in [0.05, 0.1) is 7.11 Å². The van der Waals surface area contributed by atoms with Crippen molar-refractivity contribution in [2.45, 2.75) is 32.2 Å². The fourth-order valence-corrected chi connectivity index (χ4v) is 2.82. The fourth-order valence-electron chi connectivity index (χ4n) is 2.82. The van der Waals surface area contributed by atoms with Crippen molar-refractivity contribution in [2.24, 2.45) is 11.7 Å². The molecule has 1 aromatic carbocycles. The minimum Gasteiger partial charge on any atom is -0.467 e. The first-order valence-corrected chi connectivity index (χ1v) is 8.47. The van der Waals surface area contributed by atoms with Gasteiger partial charge in [0.25, 0.3) is 5.91 Å². The number of esters is 1. The first kappa shape index (κ1) is 21.9. The second kappa shape index (κ2) is 10.1. The number of benzene rings is 1. The maximum absolute atomic E-state index is 12.8. The number of carbonyl (C=O) groups excluding carboxylic acids is 3. The van der Waals surface area contributed by atoms with Crippen LogP contribution in [0.2, 0.25) is 0 Å². The predicted octanol–water partition coefficient (Wildman–Crippen LogP) is 1.81. The second-order valence-electron chi connectivity index (χ2n) is 6.24. The SMILES string of the molecule is COC(=O)C1CCCCN1C(=O)c1cccc(NC(=O)C(C)CN)c1.Cl. The Morgan fingerprint density at radius 3 is 2.73 bits per heavy atom. The van der Waals surface area contributed by atoms with Crippen molar-refractivity contribution in [3.8, 4) is 0 Å². The van der Waals surface area contributed by atoms with Crippen LogP contribution in [0.4, 0.5) is 5.69 Å². The molecule has 2 amide bonds. The van der Waals surface area contributed by atoms with E-state index in [9.17, 15) is 14.4 Å². The van der Waals surface area contributed by atoms with E-state index in [4.69, 9.17) is 10.5 Å². The third-order valence-corrected chi connectivity index (χ3v) is 4.42. The predicted molar refractivity (Wildman–Crippen MR) is 101 cm³/mol. The summed E-state index contributed by atoms with van der Waals surface area (Å²) in [6.45, 7) is 2.50. The van der Waals surface area contributed by atoms with Crippen LogP contribution in [-0.4, -0.2) is 48.9 Å². The third-order valence-electron chi connectivity index (χ3n) is 4.42. The van der Waals surface area contributed by atoms with Crippen LogP contribution in [0, 0.1) is 5.92 Å². The van der Waals surface area contributed by atoms with Crippen molar-refractivity contribution in [1.29, 1.82) is 0 Å². The van der Waals surface area contributed by atoms with Crippen molar-refractivity contribution >= 4 is 35.9 Å². The number of nitrogens with one attached hydrogen (secondary N) is 1. The summed E-state index contributed by atoms with van der Waals surface area (Å²) in [5, 5.41) is 2.75. The topological polar surface area (TPSA) is 102 Å². The lowest BCUT2D eigenvalue weighted by Gasteiger charge is -2.33. The van der Waals surface area contributed by atoms with Crippen LogP contribution < -0.4 is 11.1 Å². The summed E-state index contributed by atoms with van der Waals surface area (Å²) in [5.41, 5.74) is 6.45. The molecule has 1 aliphatic rings. The van der Waals surface area contributed by atoms with E-state index >= 15 is 0 Å². The number of piperidine rings is 1. The molecule has 1 fully saturated rings. The summed E-state index contributed by atoms with van der Waals surface area (Å²) in [4.78, 5) is 38.3. The van der Waals surface area contributed by atoms with E-state index in [0.29, 0.717) is 24.2 Å². The third kappa shape index (κ3) is 5.19. The Hall–Kier alpha value is -2.12. The van der Waals surface area contributed by atoms with E-state index < -0.39 is 12.0 Å². The van der Waals surface area contributed by atoms with E-state index in [2.05, 4.69) is 5.32 Å². The average Bonchev–Trinajstić information content (AvgIpc) is 2.66. The molecule has 1 heterocycles. The van der Waals surface area contributed by atoms with Gasteiger partial charge in [0.1, 0.15) is 6.04 Å². The van der Waals surface area contributed by atoms with Gasteiger partial charge in [-0.1, -0.05) is 13.0 Å². The molecule has 2 unspecified atom stereocenters. The average molecular weight is 384 g/mol. The smallest absolute Gasteiger partial charge is 0.328 e. The van der Waals surface area contributed by atoms with Gasteiger partial charge in [0, 0.05) is 30.3 Å². The van der Waals surface area contributed by atoms with Crippen molar-refractivity contribution in [2.75, 3.05) is 25.5 Å². The molecule has 2 atom stereocenters. The van der Waals surface area contributed by atoms with Gasteiger partial charge < -0.3 is 20.7 Å². The van der Waals surface area contributed by atoms with E-state index in [1.165, 1.54) is 7.11 Å². The van der Waals surface area contributed by atoms with Gasteiger partial charge in [-0.05, 0) is 37.5 Å². The molecule has 26 heavy (non-hydrogen) atoms. The molecule has 1 saturated heterocycles. The number of nitrogens with two attached hydrogens (primary N) is 1. The number of likely N-dealkylation sites (tertiary alicyclic amines) is 1. The number of methoxy groups -OCH3 is 1. The lowest BCUT2D eigenvalue weighted by Crippen LogP contribution is -2.48. The number of amides is 2. The molecule has 0 spiro atoms. The highest BCUT2D eigenvalue weighted by atomic mass is 35.5. The van der Waals surface area contributed by atoms with Crippen LogP contribution in [0.3, 0.4) is 0 Å². The Morgan fingerprint density at radius 2 is 2.08 bits per heavy atom. The second-order valence-corrected chi connectivity index (χ2v) is 6.24. The van der Waals surface area contributed by atoms with Gasteiger partial charge in [0.15, 0.2) is 0 Å². The number of anilines is 1. The molecular weight excluding hydrogens is 358 g/mol. The molecule has 0 saturated carbocycles. The minimum absolute atomic E-state index is 0. The first-order chi connectivity index (χ1) is 12.0. The van der Waals surface area contributed by atoms with Crippen LogP contribution in [-0.2, 0) is 14.3 Å². The Balaban J connectivity index is 0.00000338.